The molecule has 2 aromatic carbocycles. The molecule has 2 N–H and O–H groups in total. The number of para-hydroxylation sites is 1. The van der Waals surface area contributed by atoms with Gasteiger partial charge >= 0.3 is 0 Å². The molecule has 0 aliphatic heterocycles. The van der Waals surface area contributed by atoms with Crippen LogP contribution in [-0.2, 0) is 11.2 Å². The van der Waals surface area contributed by atoms with Crippen LogP contribution in [-0.4, -0.2) is 25.0 Å². The highest BCUT2D eigenvalue weighted by Gasteiger charge is 2.12. The van der Waals surface area contributed by atoms with Gasteiger partial charge in [-0.2, -0.15) is 0 Å². The Hall–Kier alpha value is -3.02. The molecule has 25 heavy (non-hydrogen) atoms. The monoisotopic (exact) mass is 342 g/mol. The molecule has 0 spiro atoms. The van der Waals surface area contributed by atoms with Gasteiger partial charge in [-0.15, -0.1) is 0 Å². The number of hydrogen-bond acceptors (Lipinski definition) is 4. The van der Waals surface area contributed by atoms with E-state index in [2.05, 4.69) is 17.8 Å². The lowest BCUT2D eigenvalue weighted by atomic mass is 10.2. The molecule has 0 aromatic heterocycles. The molecular formula is C19H22N2O4. The van der Waals surface area contributed by atoms with Crippen LogP contribution in [0.1, 0.15) is 29.8 Å². The lowest BCUT2D eigenvalue weighted by Crippen LogP contribution is -2.43. The van der Waals surface area contributed by atoms with Crippen LogP contribution in [0.3, 0.4) is 0 Å². The van der Waals surface area contributed by atoms with Crippen molar-refractivity contribution in [3.05, 3.63) is 59.7 Å². The first-order valence-electron chi connectivity index (χ1n) is 8.16. The zero-order valence-electron chi connectivity index (χ0n) is 14.4. The van der Waals surface area contributed by atoms with Gasteiger partial charge in [-0.3, -0.25) is 20.4 Å². The Balaban J connectivity index is 1.82. The highest BCUT2D eigenvalue weighted by atomic mass is 16.5. The molecule has 0 fully saturated rings. The average molecular weight is 342 g/mol. The third-order valence-corrected chi connectivity index (χ3v) is 3.45. The lowest BCUT2D eigenvalue weighted by Gasteiger charge is -2.11. The van der Waals surface area contributed by atoms with Crippen molar-refractivity contribution in [1.82, 2.24) is 10.9 Å². The molecule has 0 aliphatic rings. The van der Waals surface area contributed by atoms with E-state index in [0.29, 0.717) is 23.7 Å². The van der Waals surface area contributed by atoms with E-state index in [1.165, 1.54) is 5.56 Å². The summed E-state index contributed by atoms with van der Waals surface area (Å²) in [5, 5.41) is 0. The van der Waals surface area contributed by atoms with Crippen LogP contribution in [0.4, 0.5) is 0 Å². The molecule has 0 bridgehead atoms. The van der Waals surface area contributed by atoms with Crippen molar-refractivity contribution in [3.8, 4) is 11.5 Å². The van der Waals surface area contributed by atoms with E-state index in [9.17, 15) is 9.59 Å². The average Bonchev–Trinajstić information content (AvgIpc) is 2.65. The number of ether oxygens (including phenoxy) is 2. The molecule has 0 unspecified atom stereocenters. The third kappa shape index (κ3) is 5.53. The fourth-order valence-electron chi connectivity index (χ4n) is 2.14. The van der Waals surface area contributed by atoms with Gasteiger partial charge in [-0.05, 0) is 43.2 Å². The van der Waals surface area contributed by atoms with Crippen LogP contribution in [0.5, 0.6) is 11.5 Å². The summed E-state index contributed by atoms with van der Waals surface area (Å²) in [4.78, 5) is 23.9. The fraction of sp³-hybridized carbons (Fsp3) is 0.263. The first-order valence-corrected chi connectivity index (χ1v) is 8.16. The van der Waals surface area contributed by atoms with Crippen molar-refractivity contribution in [2.75, 3.05) is 13.2 Å². The molecule has 2 aromatic rings. The second-order valence-electron chi connectivity index (χ2n) is 5.22. The summed E-state index contributed by atoms with van der Waals surface area (Å²) in [6.45, 7) is 4.15. The van der Waals surface area contributed by atoms with Crippen molar-refractivity contribution in [1.29, 1.82) is 0 Å². The predicted molar refractivity (Wildman–Crippen MR) is 94.5 cm³/mol. The number of hydrazine groups is 1. The summed E-state index contributed by atoms with van der Waals surface area (Å²) >= 11 is 0. The first-order chi connectivity index (χ1) is 12.1. The minimum Gasteiger partial charge on any atom is -0.493 e. The maximum Gasteiger partial charge on any atom is 0.276 e. The highest BCUT2D eigenvalue weighted by molar-refractivity contribution is 5.97. The SMILES string of the molecule is CCOc1ccccc1C(=O)NNC(=O)COc1ccc(CC)cc1. The number of benzene rings is 2. The van der Waals surface area contributed by atoms with Crippen LogP contribution < -0.4 is 20.3 Å². The summed E-state index contributed by atoms with van der Waals surface area (Å²) < 4.78 is 10.8. The Kier molecular flexibility index (Phi) is 6.83. The van der Waals surface area contributed by atoms with E-state index in [-0.39, 0.29) is 6.61 Å². The Morgan fingerprint density at radius 2 is 1.64 bits per heavy atom. The van der Waals surface area contributed by atoms with Crippen LogP contribution in [0.2, 0.25) is 0 Å². The zero-order valence-corrected chi connectivity index (χ0v) is 14.4. The van der Waals surface area contributed by atoms with E-state index in [0.717, 1.165) is 6.42 Å². The Morgan fingerprint density at radius 1 is 0.920 bits per heavy atom. The lowest BCUT2D eigenvalue weighted by molar-refractivity contribution is -0.123. The van der Waals surface area contributed by atoms with Gasteiger partial charge in [0.1, 0.15) is 11.5 Å². The summed E-state index contributed by atoms with van der Waals surface area (Å²) in [5.74, 6) is 0.149. The number of rotatable bonds is 7. The van der Waals surface area contributed by atoms with E-state index < -0.39 is 11.8 Å². The predicted octanol–water partition coefficient (Wildman–Crippen LogP) is 2.49. The van der Waals surface area contributed by atoms with Crippen molar-refractivity contribution < 1.29 is 19.1 Å². The second-order valence-corrected chi connectivity index (χ2v) is 5.22. The standard InChI is InChI=1S/C19H22N2O4/c1-3-14-9-11-15(12-10-14)25-13-18(22)20-21-19(23)16-7-5-6-8-17(16)24-4-2/h5-12H,3-4,13H2,1-2H3,(H,20,22)(H,21,23). The molecule has 0 radical (unpaired) electrons. The van der Waals surface area contributed by atoms with Crippen LogP contribution >= 0.6 is 0 Å². The van der Waals surface area contributed by atoms with Crippen molar-refractivity contribution in [2.24, 2.45) is 0 Å². The van der Waals surface area contributed by atoms with E-state index >= 15 is 0 Å². The van der Waals surface area contributed by atoms with E-state index in [4.69, 9.17) is 9.47 Å². The quantitative estimate of drug-likeness (QED) is 0.758. The Labute approximate surface area is 147 Å². The van der Waals surface area contributed by atoms with Gasteiger partial charge < -0.3 is 9.47 Å². The van der Waals surface area contributed by atoms with Gasteiger partial charge in [0, 0.05) is 0 Å². The number of carbonyl (C=O) groups is 2. The summed E-state index contributed by atoms with van der Waals surface area (Å²) in [6, 6.07) is 14.3. The van der Waals surface area contributed by atoms with E-state index in [1.807, 2.05) is 31.2 Å². The molecule has 0 saturated carbocycles. The summed E-state index contributed by atoms with van der Waals surface area (Å²) in [5.41, 5.74) is 6.22. The largest absolute Gasteiger partial charge is 0.493 e. The maximum absolute atomic E-state index is 12.1. The van der Waals surface area contributed by atoms with Gasteiger partial charge in [-0.1, -0.05) is 31.2 Å². The van der Waals surface area contributed by atoms with Gasteiger partial charge in [0.15, 0.2) is 6.61 Å². The Morgan fingerprint density at radius 3 is 2.32 bits per heavy atom. The molecule has 0 aliphatic carbocycles. The molecule has 6 nitrogen and oxygen atoms in total. The highest BCUT2D eigenvalue weighted by Crippen LogP contribution is 2.17. The molecule has 132 valence electrons. The van der Waals surface area contributed by atoms with Crippen molar-refractivity contribution in [3.63, 3.8) is 0 Å². The molecule has 0 saturated heterocycles. The molecule has 6 heteroatoms. The van der Waals surface area contributed by atoms with Crippen LogP contribution in [0.25, 0.3) is 0 Å². The van der Waals surface area contributed by atoms with Gasteiger partial charge in [-0.25, -0.2) is 0 Å². The topological polar surface area (TPSA) is 76.7 Å². The molecule has 2 rings (SSSR count). The minimum absolute atomic E-state index is 0.196. The number of nitrogens with one attached hydrogen (secondary N) is 2. The summed E-state index contributed by atoms with van der Waals surface area (Å²) in [7, 11) is 0. The van der Waals surface area contributed by atoms with Crippen molar-refractivity contribution in [2.45, 2.75) is 20.3 Å². The summed E-state index contributed by atoms with van der Waals surface area (Å²) in [6.07, 6.45) is 0.940. The van der Waals surface area contributed by atoms with Gasteiger partial charge in [0.05, 0.1) is 12.2 Å². The normalized spacial score (nSPS) is 10.0. The van der Waals surface area contributed by atoms with E-state index in [1.54, 1.807) is 24.3 Å². The number of hydrogen-bond donors (Lipinski definition) is 2. The van der Waals surface area contributed by atoms with Gasteiger partial charge in [0.2, 0.25) is 0 Å². The Bertz CT molecular complexity index is 714. The second kappa shape index (κ2) is 9.32. The maximum atomic E-state index is 12.1. The number of amides is 2. The molecule has 0 atom stereocenters. The smallest absolute Gasteiger partial charge is 0.276 e. The van der Waals surface area contributed by atoms with Crippen LogP contribution in [0.15, 0.2) is 48.5 Å². The molecule has 2 amide bonds. The van der Waals surface area contributed by atoms with Crippen molar-refractivity contribution >= 4 is 11.8 Å². The fourth-order valence-corrected chi connectivity index (χ4v) is 2.14. The third-order valence-electron chi connectivity index (χ3n) is 3.45. The minimum atomic E-state index is -0.457. The molecule has 0 heterocycles. The molecular weight excluding hydrogens is 320 g/mol. The zero-order chi connectivity index (χ0) is 18.1. The van der Waals surface area contributed by atoms with Gasteiger partial charge in [0.25, 0.3) is 11.8 Å². The first kappa shape index (κ1) is 18.3. The number of carbonyl (C=O) groups excluding carboxylic acids is 2. The van der Waals surface area contributed by atoms with Crippen LogP contribution in [0, 0.1) is 0 Å². The number of aryl methyl sites for hydroxylation is 1.